The molecular formula is C18H24F5N5O. The molecule has 0 saturated heterocycles. The first-order chi connectivity index (χ1) is 13.3. The van der Waals surface area contributed by atoms with E-state index in [1.54, 1.807) is 0 Å². The quantitative estimate of drug-likeness (QED) is 0.277. The summed E-state index contributed by atoms with van der Waals surface area (Å²) in [6, 6.07) is 0. The van der Waals surface area contributed by atoms with Crippen LogP contribution in [-0.4, -0.2) is 39.2 Å². The van der Waals surface area contributed by atoms with Crippen molar-refractivity contribution < 1.29 is 27.1 Å². The molecule has 1 rings (SSSR count). The summed E-state index contributed by atoms with van der Waals surface area (Å²) in [5, 5.41) is 19.6. The van der Waals surface area contributed by atoms with Crippen LogP contribution in [0.25, 0.3) is 6.20 Å². The smallest absolute Gasteiger partial charge is 0.395 e. The molecule has 0 aliphatic carbocycles. The molecule has 0 bridgehead atoms. The molecule has 29 heavy (non-hydrogen) atoms. The maximum atomic E-state index is 13.8. The van der Waals surface area contributed by atoms with Crippen LogP contribution in [0.4, 0.5) is 22.0 Å². The van der Waals surface area contributed by atoms with Crippen LogP contribution in [0, 0.1) is 5.41 Å². The van der Waals surface area contributed by atoms with Crippen molar-refractivity contribution in [3.63, 3.8) is 0 Å². The minimum absolute atomic E-state index is 0.103. The molecule has 5 N–H and O–H groups in total. The summed E-state index contributed by atoms with van der Waals surface area (Å²) in [6.07, 6.45) is -2.14. The summed E-state index contributed by atoms with van der Waals surface area (Å²) < 4.78 is 66.0. The van der Waals surface area contributed by atoms with Gasteiger partial charge < -0.3 is 16.2 Å². The molecule has 1 aromatic heterocycles. The molecule has 162 valence electrons. The molecule has 0 aliphatic heterocycles. The number of rotatable bonds is 9. The van der Waals surface area contributed by atoms with E-state index >= 15 is 0 Å². The zero-order chi connectivity index (χ0) is 22.4. The van der Waals surface area contributed by atoms with Gasteiger partial charge in [0.25, 0.3) is 0 Å². The zero-order valence-corrected chi connectivity index (χ0v) is 16.2. The first-order valence-corrected chi connectivity index (χ1v) is 8.62. The molecule has 1 aromatic rings. The summed E-state index contributed by atoms with van der Waals surface area (Å²) in [6.45, 7) is 2.35. The molecule has 1 heterocycles. The fraction of sp³-hybridized carbons (Fsp3) is 0.444. The van der Waals surface area contributed by atoms with Crippen molar-refractivity contribution in [3.05, 3.63) is 47.1 Å². The van der Waals surface area contributed by atoms with Gasteiger partial charge in [0, 0.05) is 6.20 Å². The second kappa shape index (κ2) is 10.2. The van der Waals surface area contributed by atoms with Gasteiger partial charge in [-0.2, -0.15) is 13.2 Å². The van der Waals surface area contributed by atoms with Crippen molar-refractivity contribution in [1.82, 2.24) is 14.9 Å². The predicted molar refractivity (Wildman–Crippen MR) is 100 cm³/mol. The number of aliphatic hydroxyl groups is 1. The monoisotopic (exact) mass is 421 g/mol. The summed E-state index contributed by atoms with van der Waals surface area (Å²) in [5.74, 6) is -0.891. The Balaban J connectivity index is 3.40. The molecule has 2 unspecified atom stereocenters. The van der Waals surface area contributed by atoms with Gasteiger partial charge in [-0.05, 0) is 33.3 Å². The number of halogens is 5. The van der Waals surface area contributed by atoms with E-state index in [1.807, 2.05) is 0 Å². The van der Waals surface area contributed by atoms with Crippen LogP contribution in [0.1, 0.15) is 44.9 Å². The Labute approximate surface area is 165 Å². The number of allylic oxidation sites excluding steroid dienone is 3. The average molecular weight is 421 g/mol. The summed E-state index contributed by atoms with van der Waals surface area (Å²) in [5.41, 5.74) is 4.69. The Kier molecular flexibility index (Phi) is 8.56. The minimum Gasteiger partial charge on any atom is -0.395 e. The van der Waals surface area contributed by atoms with Crippen LogP contribution < -0.4 is 11.1 Å². The van der Waals surface area contributed by atoms with Crippen LogP contribution in [-0.2, 0) is 0 Å². The molecule has 2 atom stereocenters. The lowest BCUT2D eigenvalue weighted by Gasteiger charge is -2.15. The van der Waals surface area contributed by atoms with Gasteiger partial charge in [0.05, 0.1) is 29.4 Å². The lowest BCUT2D eigenvalue weighted by atomic mass is 10.1. The van der Waals surface area contributed by atoms with E-state index in [4.69, 9.17) is 11.1 Å². The van der Waals surface area contributed by atoms with E-state index in [-0.39, 0.29) is 29.3 Å². The lowest BCUT2D eigenvalue weighted by molar-refractivity contribution is -0.123. The number of alkyl halides is 4. The first-order valence-electron chi connectivity index (χ1n) is 8.62. The summed E-state index contributed by atoms with van der Waals surface area (Å²) in [4.78, 5) is 3.81. The number of nitrogens with one attached hydrogen (secondary N) is 2. The average Bonchev–Trinajstić information content (AvgIpc) is 2.98. The van der Waals surface area contributed by atoms with Gasteiger partial charge in [-0.1, -0.05) is 6.08 Å². The van der Waals surface area contributed by atoms with Crippen LogP contribution >= 0.6 is 0 Å². The predicted octanol–water partition coefficient (Wildman–Crippen LogP) is 3.72. The third-order valence-electron chi connectivity index (χ3n) is 3.54. The van der Waals surface area contributed by atoms with Crippen LogP contribution in [0.15, 0.2) is 35.6 Å². The van der Waals surface area contributed by atoms with Gasteiger partial charge in [-0.3, -0.25) is 9.98 Å². The van der Waals surface area contributed by atoms with Crippen molar-refractivity contribution in [2.45, 2.75) is 45.6 Å². The topological polar surface area (TPSA) is 100.0 Å². The molecule has 0 aliphatic rings. The molecule has 0 aromatic carbocycles. The molecule has 0 fully saturated rings. The second-order valence-corrected chi connectivity index (χ2v) is 6.36. The van der Waals surface area contributed by atoms with Gasteiger partial charge in [-0.15, -0.1) is 0 Å². The van der Waals surface area contributed by atoms with E-state index in [0.717, 1.165) is 23.9 Å². The lowest BCUT2D eigenvalue weighted by Crippen LogP contribution is -2.31. The highest BCUT2D eigenvalue weighted by Crippen LogP contribution is 2.21. The standard InChI is InChI=1S/C18H24F5N5O/c1-10(19)8-28-14(7-26-17(28)12(3)20)16(25)15(24)13(6-4-5-11(2)29)27-9-18(21,22)23/h4,6-8,11-12,25,27,29H,5,9,24H2,1-3H3/b6-4+,10-8+,15-13+,25-16?. The van der Waals surface area contributed by atoms with Crippen LogP contribution in [0.5, 0.6) is 0 Å². The number of imidazole rings is 1. The normalized spacial score (nSPS) is 16.0. The van der Waals surface area contributed by atoms with Crippen LogP contribution in [0.2, 0.25) is 0 Å². The molecule has 0 saturated carbocycles. The van der Waals surface area contributed by atoms with E-state index in [2.05, 4.69) is 10.3 Å². The molecule has 11 heteroatoms. The van der Waals surface area contributed by atoms with Crippen molar-refractivity contribution in [2.24, 2.45) is 5.73 Å². The van der Waals surface area contributed by atoms with Gasteiger partial charge in [0.15, 0.2) is 6.17 Å². The highest BCUT2D eigenvalue weighted by Gasteiger charge is 2.27. The highest BCUT2D eigenvalue weighted by atomic mass is 19.4. The number of aromatic nitrogens is 2. The van der Waals surface area contributed by atoms with E-state index in [1.165, 1.54) is 26.0 Å². The first kappa shape index (κ1) is 24.3. The largest absolute Gasteiger partial charge is 0.405 e. The fourth-order valence-electron chi connectivity index (χ4n) is 2.26. The molecular weight excluding hydrogens is 397 g/mol. The molecule has 0 spiro atoms. The van der Waals surface area contributed by atoms with Crippen molar-refractivity contribution >= 4 is 11.9 Å². The van der Waals surface area contributed by atoms with Crippen molar-refractivity contribution in [2.75, 3.05) is 6.54 Å². The number of hydrogen-bond donors (Lipinski definition) is 4. The van der Waals surface area contributed by atoms with Gasteiger partial charge in [-0.25, -0.2) is 13.8 Å². The third kappa shape index (κ3) is 7.68. The van der Waals surface area contributed by atoms with Gasteiger partial charge in [0.2, 0.25) is 0 Å². The molecule has 0 amide bonds. The third-order valence-corrected chi connectivity index (χ3v) is 3.54. The number of hydrogen-bond acceptors (Lipinski definition) is 5. The molecule has 0 radical (unpaired) electrons. The zero-order valence-electron chi connectivity index (χ0n) is 16.2. The van der Waals surface area contributed by atoms with E-state index < -0.39 is 36.5 Å². The highest BCUT2D eigenvalue weighted by molar-refractivity contribution is 6.09. The fourth-order valence-corrected chi connectivity index (χ4v) is 2.26. The van der Waals surface area contributed by atoms with E-state index in [9.17, 15) is 27.1 Å². The maximum Gasteiger partial charge on any atom is 0.405 e. The van der Waals surface area contributed by atoms with Crippen LogP contribution in [0.3, 0.4) is 0 Å². The Morgan fingerprint density at radius 3 is 2.52 bits per heavy atom. The Morgan fingerprint density at radius 1 is 1.41 bits per heavy atom. The Hall–Kier alpha value is -2.69. The van der Waals surface area contributed by atoms with Crippen molar-refractivity contribution in [1.29, 1.82) is 5.41 Å². The number of nitrogens with two attached hydrogens (primary N) is 1. The molecule has 6 nitrogen and oxygen atoms in total. The van der Waals surface area contributed by atoms with Gasteiger partial charge in [0.1, 0.15) is 23.9 Å². The van der Waals surface area contributed by atoms with Gasteiger partial charge >= 0.3 is 6.18 Å². The summed E-state index contributed by atoms with van der Waals surface area (Å²) >= 11 is 0. The Bertz CT molecular complexity index is 802. The second-order valence-electron chi connectivity index (χ2n) is 6.36. The minimum atomic E-state index is -4.54. The number of aliphatic hydroxyl groups excluding tert-OH is 1. The van der Waals surface area contributed by atoms with E-state index in [0.29, 0.717) is 0 Å². The van der Waals surface area contributed by atoms with Crippen molar-refractivity contribution in [3.8, 4) is 0 Å². The maximum absolute atomic E-state index is 13.8. The number of nitrogens with zero attached hydrogens (tertiary/aromatic N) is 2. The SMILES string of the molecule is C/C(F)=C\n1c(C(=N)/C(N)=C(/C=C/CC(C)O)NCC(F)(F)F)cnc1C(C)F. The summed E-state index contributed by atoms with van der Waals surface area (Å²) in [7, 11) is 0. The Morgan fingerprint density at radius 2 is 2.03 bits per heavy atom.